The summed E-state index contributed by atoms with van der Waals surface area (Å²) in [6.45, 7) is 11.2. The zero-order valence-electron chi connectivity index (χ0n) is 14.4. The first-order chi connectivity index (χ1) is 10.3. The molecular formula is C17H28BO3Si. The zero-order valence-corrected chi connectivity index (χ0v) is 15.4. The van der Waals surface area contributed by atoms with E-state index in [9.17, 15) is 0 Å². The largest absolute Gasteiger partial charge is 0.568 e. The highest BCUT2D eigenvalue weighted by molar-refractivity contribution is 6.74. The van der Waals surface area contributed by atoms with E-state index < -0.39 is 8.32 Å². The van der Waals surface area contributed by atoms with Gasteiger partial charge in [0.2, 0.25) is 0 Å². The van der Waals surface area contributed by atoms with Crippen molar-refractivity contribution in [3.63, 3.8) is 0 Å². The van der Waals surface area contributed by atoms with Crippen molar-refractivity contribution in [2.24, 2.45) is 0 Å². The van der Waals surface area contributed by atoms with Crippen LogP contribution < -0.4 is 0 Å². The van der Waals surface area contributed by atoms with Crippen LogP contribution >= 0.6 is 0 Å². The Bertz CT molecular complexity index is 455. The Hall–Kier alpha value is -1.04. The molecule has 1 radical (unpaired) electrons. The Morgan fingerprint density at radius 3 is 2.41 bits per heavy atom. The van der Waals surface area contributed by atoms with Crippen LogP contribution in [-0.4, -0.2) is 27.1 Å². The molecule has 0 unspecified atom stereocenters. The molecule has 1 rings (SSSR count). The molecule has 0 aliphatic carbocycles. The smallest absolute Gasteiger partial charge is 0.543 e. The third-order valence-corrected chi connectivity index (χ3v) is 8.75. The number of hydrogen-bond acceptors (Lipinski definition) is 3. The minimum absolute atomic E-state index is 0.0129. The molecule has 121 valence electrons. The highest BCUT2D eigenvalue weighted by atomic mass is 28.4. The summed E-state index contributed by atoms with van der Waals surface area (Å²) >= 11 is 0. The van der Waals surface area contributed by atoms with Crippen LogP contribution in [0.5, 0.6) is 0 Å². The van der Waals surface area contributed by atoms with Gasteiger partial charge in [-0.3, -0.25) is 0 Å². The standard InChI is InChI=1S/C17H28BO3Si/c1-17(2,3)22(4,5)21-16(13-14-20-18-19)12-11-15-9-7-6-8-10-15/h6-10,13-14,16,19H,11-12H2,1-5H3/b14-13+/t16-/m0/s1. The summed E-state index contributed by atoms with van der Waals surface area (Å²) in [7, 11) is -1.17. The molecule has 1 aromatic carbocycles. The number of aryl methyl sites for hydroxylation is 1. The van der Waals surface area contributed by atoms with Crippen molar-refractivity contribution in [3.05, 3.63) is 48.2 Å². The Morgan fingerprint density at radius 2 is 1.86 bits per heavy atom. The van der Waals surface area contributed by atoms with E-state index in [1.54, 1.807) is 0 Å². The molecule has 1 atom stereocenters. The van der Waals surface area contributed by atoms with Crippen molar-refractivity contribution in [2.45, 2.75) is 57.8 Å². The molecule has 0 aliphatic heterocycles. The van der Waals surface area contributed by atoms with Crippen LogP contribution in [0.3, 0.4) is 0 Å². The van der Waals surface area contributed by atoms with Gasteiger partial charge in [0, 0.05) is 0 Å². The molecule has 1 aromatic rings. The van der Waals surface area contributed by atoms with Crippen LogP contribution in [0.2, 0.25) is 18.1 Å². The van der Waals surface area contributed by atoms with Gasteiger partial charge in [0.05, 0.1) is 12.4 Å². The highest BCUT2D eigenvalue weighted by Crippen LogP contribution is 2.37. The molecule has 5 heteroatoms. The zero-order chi connectivity index (χ0) is 16.6. The summed E-state index contributed by atoms with van der Waals surface area (Å²) in [6, 6.07) is 10.4. The van der Waals surface area contributed by atoms with E-state index in [4.69, 9.17) is 14.1 Å². The molecule has 0 heterocycles. The maximum absolute atomic E-state index is 8.62. The van der Waals surface area contributed by atoms with Crippen molar-refractivity contribution < 1.29 is 14.1 Å². The lowest BCUT2D eigenvalue weighted by molar-refractivity contribution is 0.212. The second kappa shape index (κ2) is 8.56. The molecule has 1 N–H and O–H groups in total. The van der Waals surface area contributed by atoms with Crippen LogP contribution in [-0.2, 0) is 15.5 Å². The molecule has 0 amide bonds. The average Bonchev–Trinajstić information content (AvgIpc) is 2.44. The molecule has 0 saturated heterocycles. The second-order valence-electron chi connectivity index (χ2n) is 7.01. The Labute approximate surface area is 136 Å². The Kier molecular flexibility index (Phi) is 7.39. The van der Waals surface area contributed by atoms with Crippen molar-refractivity contribution in [1.82, 2.24) is 0 Å². The molecule has 0 aliphatic rings. The van der Waals surface area contributed by atoms with Gasteiger partial charge in [-0.15, -0.1) is 0 Å². The fraction of sp³-hybridized carbons (Fsp3) is 0.529. The van der Waals surface area contributed by atoms with E-state index in [0.29, 0.717) is 7.69 Å². The summed E-state index contributed by atoms with van der Waals surface area (Å²) in [5, 5.41) is 8.78. The molecule has 0 bridgehead atoms. The molecular weight excluding hydrogens is 291 g/mol. The van der Waals surface area contributed by atoms with Crippen LogP contribution in [0.4, 0.5) is 0 Å². The predicted molar refractivity (Wildman–Crippen MR) is 95.0 cm³/mol. The quantitative estimate of drug-likeness (QED) is 0.580. The second-order valence-corrected chi connectivity index (χ2v) is 11.8. The topological polar surface area (TPSA) is 38.7 Å². The van der Waals surface area contributed by atoms with E-state index in [1.165, 1.54) is 11.8 Å². The van der Waals surface area contributed by atoms with Gasteiger partial charge in [-0.05, 0) is 42.6 Å². The van der Waals surface area contributed by atoms with E-state index >= 15 is 0 Å². The average molecular weight is 319 g/mol. The van der Waals surface area contributed by atoms with E-state index in [-0.39, 0.29) is 11.1 Å². The summed E-state index contributed by atoms with van der Waals surface area (Å²) in [6.07, 6.45) is 5.20. The van der Waals surface area contributed by atoms with Crippen molar-refractivity contribution in [2.75, 3.05) is 0 Å². The molecule has 0 spiro atoms. The van der Waals surface area contributed by atoms with Gasteiger partial charge in [-0.2, -0.15) is 0 Å². The first kappa shape index (κ1) is 19.0. The summed E-state index contributed by atoms with van der Waals surface area (Å²) in [5.74, 6) is 0. The normalized spacial score (nSPS) is 14.1. The minimum atomic E-state index is -1.85. The number of hydrogen-bond donors (Lipinski definition) is 1. The monoisotopic (exact) mass is 319 g/mol. The first-order valence-electron chi connectivity index (χ1n) is 7.76. The van der Waals surface area contributed by atoms with Crippen molar-refractivity contribution in [3.8, 4) is 0 Å². The van der Waals surface area contributed by atoms with Gasteiger partial charge in [0.15, 0.2) is 8.32 Å². The van der Waals surface area contributed by atoms with Crippen LogP contribution in [0.25, 0.3) is 0 Å². The van der Waals surface area contributed by atoms with Gasteiger partial charge in [-0.25, -0.2) is 0 Å². The van der Waals surface area contributed by atoms with E-state index in [0.717, 1.165) is 12.8 Å². The Balaban J connectivity index is 2.71. The lowest BCUT2D eigenvalue weighted by Gasteiger charge is -2.38. The van der Waals surface area contributed by atoms with Crippen LogP contribution in [0.15, 0.2) is 42.7 Å². The predicted octanol–water partition coefficient (Wildman–Crippen LogP) is 4.07. The minimum Gasteiger partial charge on any atom is -0.543 e. The number of rotatable bonds is 8. The summed E-state index contributed by atoms with van der Waals surface area (Å²) in [4.78, 5) is 0. The van der Waals surface area contributed by atoms with Crippen LogP contribution in [0.1, 0.15) is 32.8 Å². The SMILES string of the molecule is CC(C)(C)[Si](C)(C)O[C@H](/C=C/O[B]O)CCc1ccccc1. The molecule has 22 heavy (non-hydrogen) atoms. The van der Waals surface area contributed by atoms with E-state index in [2.05, 4.69) is 58.1 Å². The summed E-state index contributed by atoms with van der Waals surface area (Å²) < 4.78 is 11.2. The van der Waals surface area contributed by atoms with Gasteiger partial charge in [0.1, 0.15) is 0 Å². The third kappa shape index (κ3) is 6.38. The lowest BCUT2D eigenvalue weighted by Crippen LogP contribution is -2.43. The molecule has 0 saturated carbocycles. The van der Waals surface area contributed by atoms with Gasteiger partial charge < -0.3 is 14.1 Å². The van der Waals surface area contributed by atoms with E-state index in [1.807, 2.05) is 12.1 Å². The van der Waals surface area contributed by atoms with Crippen molar-refractivity contribution >= 4 is 16.0 Å². The Morgan fingerprint density at radius 1 is 1.23 bits per heavy atom. The molecule has 0 fully saturated rings. The van der Waals surface area contributed by atoms with Crippen molar-refractivity contribution in [1.29, 1.82) is 0 Å². The summed E-state index contributed by atoms with van der Waals surface area (Å²) in [5.41, 5.74) is 1.30. The van der Waals surface area contributed by atoms with Gasteiger partial charge in [0.25, 0.3) is 0 Å². The molecule has 3 nitrogen and oxygen atoms in total. The fourth-order valence-electron chi connectivity index (χ4n) is 1.87. The molecule has 0 aromatic heterocycles. The number of benzene rings is 1. The van der Waals surface area contributed by atoms with Gasteiger partial charge >= 0.3 is 7.69 Å². The third-order valence-electron chi connectivity index (χ3n) is 4.25. The first-order valence-corrected chi connectivity index (χ1v) is 10.7. The highest BCUT2D eigenvalue weighted by Gasteiger charge is 2.38. The fourth-order valence-corrected chi connectivity index (χ4v) is 3.18. The van der Waals surface area contributed by atoms with Gasteiger partial charge in [-0.1, -0.05) is 51.1 Å². The maximum atomic E-state index is 8.62. The van der Waals surface area contributed by atoms with Crippen LogP contribution in [0, 0.1) is 0 Å². The maximum Gasteiger partial charge on any atom is 0.568 e. The lowest BCUT2D eigenvalue weighted by atomic mass is 10.1.